The van der Waals surface area contributed by atoms with Gasteiger partial charge in [-0.05, 0) is 29.5 Å². The van der Waals surface area contributed by atoms with Crippen molar-refractivity contribution < 1.29 is 9.21 Å². The van der Waals surface area contributed by atoms with Crippen LogP contribution in [0.5, 0.6) is 0 Å². The SMILES string of the molecule is Cc1cc(NC(=O)/C(=C/c2ccco2)n2nnnc2-c2ccccc2)nc(C(C)C)n1. The average Bonchev–Trinajstić information content (AvgIpc) is 3.44. The summed E-state index contributed by atoms with van der Waals surface area (Å²) in [7, 11) is 0. The molecule has 156 valence electrons. The number of furan rings is 1. The molecule has 0 atom stereocenters. The van der Waals surface area contributed by atoms with E-state index in [9.17, 15) is 4.79 Å². The summed E-state index contributed by atoms with van der Waals surface area (Å²) in [5.41, 5.74) is 1.71. The molecule has 4 rings (SSSR count). The molecule has 9 heteroatoms. The van der Waals surface area contributed by atoms with Crippen LogP contribution in [-0.2, 0) is 4.79 Å². The van der Waals surface area contributed by atoms with Crippen molar-refractivity contribution in [1.82, 2.24) is 30.2 Å². The number of rotatable bonds is 6. The first-order chi connectivity index (χ1) is 15.0. The molecule has 0 saturated heterocycles. The highest BCUT2D eigenvalue weighted by Crippen LogP contribution is 2.22. The first kappa shape index (κ1) is 20.1. The molecule has 0 aliphatic carbocycles. The van der Waals surface area contributed by atoms with Gasteiger partial charge in [-0.2, -0.15) is 4.68 Å². The van der Waals surface area contributed by atoms with Crippen molar-refractivity contribution >= 4 is 23.5 Å². The largest absolute Gasteiger partial charge is 0.465 e. The number of tetrazole rings is 1. The number of nitrogens with zero attached hydrogens (tertiary/aromatic N) is 6. The highest BCUT2D eigenvalue weighted by molar-refractivity contribution is 6.24. The lowest BCUT2D eigenvalue weighted by Crippen LogP contribution is -2.20. The molecule has 3 heterocycles. The van der Waals surface area contributed by atoms with Crippen LogP contribution in [0.2, 0.25) is 0 Å². The average molecular weight is 415 g/mol. The van der Waals surface area contributed by atoms with Crippen molar-refractivity contribution in [3.05, 3.63) is 72.1 Å². The Kier molecular flexibility index (Phi) is 5.65. The fraction of sp³-hybridized carbons (Fsp3) is 0.182. The van der Waals surface area contributed by atoms with Gasteiger partial charge in [-0.25, -0.2) is 9.97 Å². The quantitative estimate of drug-likeness (QED) is 0.477. The van der Waals surface area contributed by atoms with Crippen LogP contribution >= 0.6 is 0 Å². The molecule has 0 bridgehead atoms. The standard InChI is InChI=1S/C22H21N7O2/c1-14(2)20-23-15(3)12-19(24-20)25-22(30)18(13-17-10-7-11-31-17)29-21(26-27-28-29)16-8-5-4-6-9-16/h4-14H,1-3H3,(H,23,24,25,30)/b18-13-. The lowest BCUT2D eigenvalue weighted by Gasteiger charge is -2.12. The van der Waals surface area contributed by atoms with E-state index >= 15 is 0 Å². The molecule has 4 aromatic rings. The minimum atomic E-state index is -0.436. The second-order valence-corrected chi connectivity index (χ2v) is 7.19. The number of carbonyl (C=O) groups excluding carboxylic acids is 1. The van der Waals surface area contributed by atoms with E-state index < -0.39 is 5.91 Å². The molecule has 0 aliphatic heterocycles. The van der Waals surface area contributed by atoms with E-state index in [0.717, 1.165) is 11.3 Å². The maximum absolute atomic E-state index is 13.3. The van der Waals surface area contributed by atoms with Gasteiger partial charge in [0.2, 0.25) is 0 Å². The maximum atomic E-state index is 13.3. The summed E-state index contributed by atoms with van der Waals surface area (Å²) in [6.07, 6.45) is 3.11. The number of hydrogen-bond donors (Lipinski definition) is 1. The summed E-state index contributed by atoms with van der Waals surface area (Å²) < 4.78 is 6.79. The second kappa shape index (κ2) is 8.70. The molecule has 0 saturated carbocycles. The number of aromatic nitrogens is 6. The predicted molar refractivity (Wildman–Crippen MR) is 116 cm³/mol. The molecule has 1 N–H and O–H groups in total. The minimum absolute atomic E-state index is 0.123. The van der Waals surface area contributed by atoms with Crippen LogP contribution in [0.25, 0.3) is 23.2 Å². The minimum Gasteiger partial charge on any atom is -0.465 e. The van der Waals surface area contributed by atoms with E-state index in [-0.39, 0.29) is 11.6 Å². The predicted octanol–water partition coefficient (Wildman–Crippen LogP) is 3.79. The number of benzene rings is 1. The molecule has 0 spiro atoms. The molecule has 0 aliphatic rings. The van der Waals surface area contributed by atoms with Crippen LogP contribution < -0.4 is 5.32 Å². The summed E-state index contributed by atoms with van der Waals surface area (Å²) in [5, 5.41) is 14.8. The van der Waals surface area contributed by atoms with Crippen molar-refractivity contribution in [2.24, 2.45) is 0 Å². The number of carbonyl (C=O) groups is 1. The van der Waals surface area contributed by atoms with E-state index in [1.54, 1.807) is 24.3 Å². The zero-order chi connectivity index (χ0) is 21.8. The van der Waals surface area contributed by atoms with Gasteiger partial charge in [0.15, 0.2) is 5.82 Å². The zero-order valence-corrected chi connectivity index (χ0v) is 17.4. The molecule has 1 amide bonds. The van der Waals surface area contributed by atoms with Crippen molar-refractivity contribution in [1.29, 1.82) is 0 Å². The summed E-state index contributed by atoms with van der Waals surface area (Å²) in [4.78, 5) is 22.2. The molecule has 0 fully saturated rings. The third-order valence-electron chi connectivity index (χ3n) is 4.41. The third kappa shape index (κ3) is 4.55. The Hall–Kier alpha value is -4.14. The molecule has 0 unspecified atom stereocenters. The second-order valence-electron chi connectivity index (χ2n) is 7.19. The Bertz CT molecular complexity index is 1210. The van der Waals surface area contributed by atoms with Crippen LogP contribution in [-0.4, -0.2) is 36.1 Å². The maximum Gasteiger partial charge on any atom is 0.275 e. The molecular weight excluding hydrogens is 394 g/mol. The van der Waals surface area contributed by atoms with Gasteiger partial charge in [-0.3, -0.25) is 4.79 Å². The number of hydrogen-bond acceptors (Lipinski definition) is 7. The smallest absolute Gasteiger partial charge is 0.275 e. The van der Waals surface area contributed by atoms with Crippen LogP contribution in [0.4, 0.5) is 5.82 Å². The highest BCUT2D eigenvalue weighted by Gasteiger charge is 2.21. The van der Waals surface area contributed by atoms with E-state index in [2.05, 4.69) is 30.8 Å². The summed E-state index contributed by atoms with van der Waals surface area (Å²) in [6.45, 7) is 5.85. The van der Waals surface area contributed by atoms with Gasteiger partial charge in [-0.15, -0.1) is 5.10 Å². The highest BCUT2D eigenvalue weighted by atomic mass is 16.3. The monoisotopic (exact) mass is 415 g/mol. The molecule has 0 radical (unpaired) electrons. The number of nitrogens with one attached hydrogen (secondary N) is 1. The van der Waals surface area contributed by atoms with E-state index in [0.29, 0.717) is 23.2 Å². The Morgan fingerprint density at radius 1 is 1.13 bits per heavy atom. The van der Waals surface area contributed by atoms with Crippen molar-refractivity contribution in [3.63, 3.8) is 0 Å². The van der Waals surface area contributed by atoms with Gasteiger partial charge in [0.25, 0.3) is 5.91 Å². The van der Waals surface area contributed by atoms with Crippen LogP contribution in [0, 0.1) is 6.92 Å². The molecule has 9 nitrogen and oxygen atoms in total. The fourth-order valence-corrected chi connectivity index (χ4v) is 2.94. The first-order valence-electron chi connectivity index (χ1n) is 9.77. The van der Waals surface area contributed by atoms with Crippen molar-refractivity contribution in [2.75, 3.05) is 5.32 Å². The number of anilines is 1. The van der Waals surface area contributed by atoms with Gasteiger partial charge < -0.3 is 9.73 Å². The van der Waals surface area contributed by atoms with Gasteiger partial charge in [0, 0.05) is 29.3 Å². The van der Waals surface area contributed by atoms with Crippen LogP contribution in [0.15, 0.2) is 59.2 Å². The van der Waals surface area contributed by atoms with Gasteiger partial charge in [0.1, 0.15) is 23.1 Å². The van der Waals surface area contributed by atoms with Gasteiger partial charge >= 0.3 is 0 Å². The number of aryl methyl sites for hydroxylation is 1. The number of amides is 1. The summed E-state index contributed by atoms with van der Waals surface area (Å²) >= 11 is 0. The Morgan fingerprint density at radius 3 is 2.65 bits per heavy atom. The fourth-order valence-electron chi connectivity index (χ4n) is 2.94. The third-order valence-corrected chi connectivity index (χ3v) is 4.41. The molecule has 1 aromatic carbocycles. The van der Waals surface area contributed by atoms with Gasteiger partial charge in [-0.1, -0.05) is 44.2 Å². The first-order valence-corrected chi connectivity index (χ1v) is 9.77. The topological polar surface area (TPSA) is 112 Å². The van der Waals surface area contributed by atoms with Crippen LogP contribution in [0.3, 0.4) is 0 Å². The zero-order valence-electron chi connectivity index (χ0n) is 17.4. The lowest BCUT2D eigenvalue weighted by molar-refractivity contribution is -0.111. The summed E-state index contributed by atoms with van der Waals surface area (Å²) in [6, 6.07) is 14.6. The normalized spacial score (nSPS) is 11.7. The van der Waals surface area contributed by atoms with Gasteiger partial charge in [0.05, 0.1) is 6.26 Å². The van der Waals surface area contributed by atoms with Crippen LogP contribution in [0.1, 0.15) is 37.0 Å². The Balaban J connectivity index is 1.75. The van der Waals surface area contributed by atoms with Crippen molar-refractivity contribution in [3.8, 4) is 11.4 Å². The summed E-state index contributed by atoms with van der Waals surface area (Å²) in [5.74, 6) is 1.66. The van der Waals surface area contributed by atoms with E-state index in [1.165, 1.54) is 10.9 Å². The van der Waals surface area contributed by atoms with Crippen molar-refractivity contribution in [2.45, 2.75) is 26.7 Å². The molecule has 3 aromatic heterocycles. The lowest BCUT2D eigenvalue weighted by atomic mass is 10.2. The van der Waals surface area contributed by atoms with E-state index in [1.807, 2.05) is 51.1 Å². The van der Waals surface area contributed by atoms with E-state index in [4.69, 9.17) is 4.42 Å². The Morgan fingerprint density at radius 2 is 1.94 bits per heavy atom. The molecular formula is C22H21N7O2. The molecule has 31 heavy (non-hydrogen) atoms. The Labute approximate surface area is 178 Å².